The van der Waals surface area contributed by atoms with E-state index in [1.54, 1.807) is 32.2 Å². The van der Waals surface area contributed by atoms with Crippen LogP contribution in [0.5, 0.6) is 11.5 Å². The normalized spacial score (nSPS) is 23.5. The summed E-state index contributed by atoms with van der Waals surface area (Å²) in [4.78, 5) is 39.9. The first-order chi connectivity index (χ1) is 19.4. The molecule has 2 aliphatic carbocycles. The molecule has 2 fully saturated rings. The first-order valence-electron chi connectivity index (χ1n) is 13.8. The monoisotopic (exact) mass is 581 g/mol. The molecule has 41 heavy (non-hydrogen) atoms. The van der Waals surface area contributed by atoms with Gasteiger partial charge in [-0.15, -0.1) is 0 Å². The van der Waals surface area contributed by atoms with Crippen LogP contribution < -0.4 is 19.7 Å². The van der Waals surface area contributed by atoms with Crippen LogP contribution >= 0.6 is 11.6 Å². The smallest absolute Gasteiger partial charge is 0.309 e. The summed E-state index contributed by atoms with van der Waals surface area (Å²) in [5.41, 5.74) is 0.172. The van der Waals surface area contributed by atoms with Crippen molar-refractivity contribution in [3.05, 3.63) is 52.0 Å². The largest absolute Gasteiger partial charge is 0.496 e. The zero-order chi connectivity index (χ0) is 29.9. The Bertz CT molecular complexity index is 1370. The van der Waals surface area contributed by atoms with Gasteiger partial charge >= 0.3 is 5.97 Å². The van der Waals surface area contributed by atoms with Crippen LogP contribution in [0.1, 0.15) is 78.7 Å². The number of anilines is 1. The molecule has 2 saturated carbocycles. The number of nitrogens with one attached hydrogen (secondary N) is 1. The number of hydrogen-bond acceptors (Lipinski definition) is 6. The summed E-state index contributed by atoms with van der Waals surface area (Å²) in [7, 11) is 2.95. The minimum absolute atomic E-state index is 0.143. The second-order valence-electron chi connectivity index (χ2n) is 11.5. The van der Waals surface area contributed by atoms with Crippen LogP contribution in [-0.2, 0) is 4.79 Å². The molecular weight excluding hydrogens is 546 g/mol. The summed E-state index contributed by atoms with van der Waals surface area (Å²) in [6, 6.07) is 9.79. The topological polar surface area (TPSA) is 129 Å². The van der Waals surface area contributed by atoms with Gasteiger partial charge in [0.25, 0.3) is 11.8 Å². The van der Waals surface area contributed by atoms with Crippen molar-refractivity contribution in [3.8, 4) is 17.6 Å². The molecule has 0 aliphatic heterocycles. The van der Waals surface area contributed by atoms with E-state index in [-0.39, 0.29) is 34.6 Å². The Balaban J connectivity index is 1.58. The molecule has 2 amide bonds. The molecule has 0 saturated heterocycles. The Kier molecular flexibility index (Phi) is 9.13. The fraction of sp³-hybridized carbons (Fsp3) is 0.484. The second kappa shape index (κ2) is 12.4. The van der Waals surface area contributed by atoms with Crippen molar-refractivity contribution in [3.63, 3.8) is 0 Å². The lowest BCUT2D eigenvalue weighted by molar-refractivity contribution is -0.150. The predicted octanol–water partition coefficient (Wildman–Crippen LogP) is 5.69. The molecule has 2 aromatic carbocycles. The van der Waals surface area contributed by atoms with Crippen molar-refractivity contribution in [2.45, 2.75) is 58.5 Å². The van der Waals surface area contributed by atoms with Crippen LogP contribution in [-0.4, -0.2) is 49.7 Å². The summed E-state index contributed by atoms with van der Waals surface area (Å²) in [5.74, 6) is -0.0910. The van der Waals surface area contributed by atoms with Gasteiger partial charge in [-0.25, -0.2) is 0 Å². The Morgan fingerprint density at radius 2 is 1.83 bits per heavy atom. The summed E-state index contributed by atoms with van der Waals surface area (Å²) >= 11 is 6.28. The number of carbonyl (C=O) groups is 3. The molecule has 0 heterocycles. The zero-order valence-corrected chi connectivity index (χ0v) is 24.6. The van der Waals surface area contributed by atoms with Crippen molar-refractivity contribution in [2.24, 2.45) is 17.3 Å². The van der Waals surface area contributed by atoms with Crippen molar-refractivity contribution in [1.29, 1.82) is 5.26 Å². The van der Waals surface area contributed by atoms with Gasteiger partial charge in [0.2, 0.25) is 0 Å². The van der Waals surface area contributed by atoms with Crippen molar-refractivity contribution >= 4 is 35.1 Å². The van der Waals surface area contributed by atoms with Crippen LogP contribution in [0.25, 0.3) is 0 Å². The number of carboxylic acids is 1. The number of ether oxygens (including phenoxy) is 2. The van der Waals surface area contributed by atoms with Gasteiger partial charge in [-0.1, -0.05) is 18.5 Å². The maximum Gasteiger partial charge on any atom is 0.309 e. The van der Waals surface area contributed by atoms with Gasteiger partial charge in [0.15, 0.2) is 0 Å². The molecule has 2 N–H and O–H groups in total. The maximum atomic E-state index is 13.8. The van der Waals surface area contributed by atoms with Crippen molar-refractivity contribution < 1.29 is 29.0 Å². The second-order valence-corrected chi connectivity index (χ2v) is 12.0. The van der Waals surface area contributed by atoms with E-state index in [4.69, 9.17) is 21.1 Å². The molecule has 0 bridgehead atoms. The fourth-order valence-corrected chi connectivity index (χ4v) is 5.82. The lowest BCUT2D eigenvalue weighted by atomic mass is 9.75. The number of aliphatic carboxylic acids is 1. The highest BCUT2D eigenvalue weighted by Crippen LogP contribution is 2.39. The summed E-state index contributed by atoms with van der Waals surface area (Å²) in [6.45, 7) is 4.48. The lowest BCUT2D eigenvalue weighted by Gasteiger charge is -2.34. The molecule has 0 spiro atoms. The number of carbonyl (C=O) groups excluding carboxylic acids is 2. The Labute approximate surface area is 245 Å². The molecule has 218 valence electrons. The number of halogens is 1. The van der Waals surface area contributed by atoms with Gasteiger partial charge in [-0.05, 0) is 81.5 Å². The van der Waals surface area contributed by atoms with E-state index in [1.807, 2.05) is 0 Å². The van der Waals surface area contributed by atoms with E-state index in [0.717, 1.165) is 12.8 Å². The standard InChI is InChI=1S/C31H36ClN3O6/c1-18-11-19(12-18)17-34-28(36)23-6-5-21(32)14-25(23)35(3)29(37)24-15-26(20(16-33)13-27(24)40-4)41-22-7-9-31(2,10-8-22)30(38)39/h5-6,13-15,18-19,22H,7-12,17H2,1-4H3,(H,34,36)(H,38,39)/t18-,19+,22-,31+. The minimum Gasteiger partial charge on any atom is -0.496 e. The number of hydrogen-bond donors (Lipinski definition) is 2. The van der Waals surface area contributed by atoms with Gasteiger partial charge in [-0.3, -0.25) is 14.4 Å². The average Bonchev–Trinajstić information content (AvgIpc) is 2.94. The highest BCUT2D eigenvalue weighted by Gasteiger charge is 2.38. The quantitative estimate of drug-likeness (QED) is 0.389. The van der Waals surface area contributed by atoms with Crippen LogP contribution in [0.2, 0.25) is 5.02 Å². The lowest BCUT2D eigenvalue weighted by Crippen LogP contribution is -2.36. The van der Waals surface area contributed by atoms with Gasteiger partial charge in [-0.2, -0.15) is 5.26 Å². The third-order valence-electron chi connectivity index (χ3n) is 8.39. The number of benzene rings is 2. The number of nitriles is 1. The van der Waals surface area contributed by atoms with E-state index in [0.29, 0.717) is 60.3 Å². The molecule has 0 atom stereocenters. The molecule has 9 nitrogen and oxygen atoms in total. The fourth-order valence-electron chi connectivity index (χ4n) is 5.65. The van der Waals surface area contributed by atoms with Crippen LogP contribution in [0.4, 0.5) is 5.69 Å². The third-order valence-corrected chi connectivity index (χ3v) is 8.63. The van der Waals surface area contributed by atoms with Crippen LogP contribution in [0, 0.1) is 28.6 Å². The van der Waals surface area contributed by atoms with Gasteiger partial charge in [0.1, 0.15) is 17.6 Å². The van der Waals surface area contributed by atoms with E-state index >= 15 is 0 Å². The highest BCUT2D eigenvalue weighted by molar-refractivity contribution is 6.31. The molecular formula is C31H36ClN3O6. The molecule has 0 radical (unpaired) electrons. The van der Waals surface area contributed by atoms with Gasteiger partial charge in [0.05, 0.1) is 41.0 Å². The van der Waals surface area contributed by atoms with Crippen molar-refractivity contribution in [1.82, 2.24) is 5.32 Å². The highest BCUT2D eigenvalue weighted by atomic mass is 35.5. The number of nitrogens with zero attached hydrogens (tertiary/aromatic N) is 2. The Morgan fingerprint density at radius 3 is 2.41 bits per heavy atom. The van der Waals surface area contributed by atoms with E-state index in [1.165, 1.54) is 24.1 Å². The van der Waals surface area contributed by atoms with Crippen molar-refractivity contribution in [2.75, 3.05) is 25.6 Å². The summed E-state index contributed by atoms with van der Waals surface area (Å²) < 4.78 is 11.6. The number of amides is 2. The zero-order valence-electron chi connectivity index (χ0n) is 23.8. The predicted molar refractivity (Wildman–Crippen MR) is 155 cm³/mol. The summed E-state index contributed by atoms with van der Waals surface area (Å²) in [5, 5.41) is 22.7. The maximum absolute atomic E-state index is 13.8. The Hall–Kier alpha value is -3.77. The molecule has 2 aromatic rings. The van der Waals surface area contributed by atoms with Crippen LogP contribution in [0.3, 0.4) is 0 Å². The van der Waals surface area contributed by atoms with E-state index < -0.39 is 17.3 Å². The Morgan fingerprint density at radius 1 is 1.15 bits per heavy atom. The van der Waals surface area contributed by atoms with Gasteiger partial charge in [0, 0.05) is 24.7 Å². The molecule has 4 rings (SSSR count). The average molecular weight is 582 g/mol. The molecule has 0 aromatic heterocycles. The van der Waals surface area contributed by atoms with E-state index in [2.05, 4.69) is 18.3 Å². The number of methoxy groups -OCH3 is 1. The first-order valence-corrected chi connectivity index (χ1v) is 14.2. The molecule has 2 aliphatic rings. The number of carboxylic acid groups (broad SMARTS) is 1. The first kappa shape index (κ1) is 30.2. The molecule has 10 heteroatoms. The van der Waals surface area contributed by atoms with E-state index in [9.17, 15) is 24.8 Å². The van der Waals surface area contributed by atoms with Crippen LogP contribution in [0.15, 0.2) is 30.3 Å². The minimum atomic E-state index is -0.833. The SMILES string of the molecule is COc1cc(C#N)c(O[C@H]2CC[C@@](C)(C(=O)O)CC2)cc1C(=O)N(C)c1cc(Cl)ccc1C(=O)NC[C@H]1C[C@@H](C)C1. The van der Waals surface area contributed by atoms with Gasteiger partial charge < -0.3 is 24.8 Å². The number of rotatable bonds is 9. The summed E-state index contributed by atoms with van der Waals surface area (Å²) in [6.07, 6.45) is 3.75. The third kappa shape index (κ3) is 6.59. The molecule has 0 unspecified atom stereocenters.